The number of halogens is 1. The maximum absolute atomic E-state index is 13.0. The molecule has 26 heavy (non-hydrogen) atoms. The molecular formula is C19H21ClN4OS. The molecule has 2 atom stereocenters. The van der Waals surface area contributed by atoms with E-state index < -0.39 is 0 Å². The molecule has 0 spiro atoms. The molecule has 1 saturated heterocycles. The molecular weight excluding hydrogens is 368 g/mol. The standard InChI is InChI=1S/C19H21ClN4OS/c1-11-7-13(9-21)10-23(11)18(25)17-8-16-12(2)22-24(19(16)26-17)15-5-3-14(20)4-6-15/h3-6,8,11,13H,7,9-10,21H2,1-2H3. The highest BCUT2D eigenvalue weighted by Crippen LogP contribution is 2.33. The van der Waals surface area contributed by atoms with Crippen LogP contribution in [0.1, 0.15) is 28.7 Å². The third-order valence-electron chi connectivity index (χ3n) is 5.08. The molecule has 0 bridgehead atoms. The highest BCUT2D eigenvalue weighted by molar-refractivity contribution is 7.20. The average molecular weight is 389 g/mol. The second-order valence-corrected chi connectivity index (χ2v) is 8.41. The number of aryl methyl sites for hydroxylation is 1. The molecule has 136 valence electrons. The Morgan fingerprint density at radius 3 is 2.77 bits per heavy atom. The zero-order chi connectivity index (χ0) is 18.4. The van der Waals surface area contributed by atoms with Crippen LogP contribution >= 0.6 is 22.9 Å². The van der Waals surface area contributed by atoms with Crippen molar-refractivity contribution in [2.24, 2.45) is 11.7 Å². The third kappa shape index (κ3) is 2.92. The first-order valence-corrected chi connectivity index (χ1v) is 9.93. The van der Waals surface area contributed by atoms with E-state index >= 15 is 0 Å². The van der Waals surface area contributed by atoms with Gasteiger partial charge in [-0.1, -0.05) is 11.6 Å². The van der Waals surface area contributed by atoms with Gasteiger partial charge >= 0.3 is 0 Å². The Balaban J connectivity index is 1.71. The van der Waals surface area contributed by atoms with Gasteiger partial charge in [0, 0.05) is 23.0 Å². The number of likely N-dealkylation sites (tertiary alicyclic amines) is 1. The molecule has 2 aromatic heterocycles. The molecule has 1 amide bonds. The minimum Gasteiger partial charge on any atom is -0.335 e. The molecule has 3 heterocycles. The third-order valence-corrected chi connectivity index (χ3v) is 6.43. The Labute approximate surface area is 161 Å². The monoisotopic (exact) mass is 388 g/mol. The van der Waals surface area contributed by atoms with Gasteiger partial charge in [-0.25, -0.2) is 4.68 Å². The van der Waals surface area contributed by atoms with Gasteiger partial charge in [-0.15, -0.1) is 11.3 Å². The highest BCUT2D eigenvalue weighted by atomic mass is 35.5. The summed E-state index contributed by atoms with van der Waals surface area (Å²) in [6.07, 6.45) is 0.977. The molecule has 3 aromatic rings. The van der Waals surface area contributed by atoms with Crippen LogP contribution < -0.4 is 5.73 Å². The van der Waals surface area contributed by atoms with Crippen molar-refractivity contribution in [3.8, 4) is 5.69 Å². The van der Waals surface area contributed by atoms with Crippen LogP contribution in [-0.4, -0.2) is 39.7 Å². The van der Waals surface area contributed by atoms with E-state index in [4.69, 9.17) is 17.3 Å². The number of benzene rings is 1. The molecule has 0 aliphatic carbocycles. The van der Waals surface area contributed by atoms with Crippen molar-refractivity contribution >= 4 is 39.1 Å². The van der Waals surface area contributed by atoms with Crippen molar-refractivity contribution in [2.45, 2.75) is 26.3 Å². The Morgan fingerprint density at radius 1 is 1.38 bits per heavy atom. The van der Waals surface area contributed by atoms with Crippen LogP contribution in [0.2, 0.25) is 5.02 Å². The minimum absolute atomic E-state index is 0.0942. The van der Waals surface area contributed by atoms with E-state index in [9.17, 15) is 4.79 Å². The summed E-state index contributed by atoms with van der Waals surface area (Å²) in [5.41, 5.74) is 7.65. The van der Waals surface area contributed by atoms with Crippen molar-refractivity contribution in [1.29, 1.82) is 0 Å². The topological polar surface area (TPSA) is 64.2 Å². The summed E-state index contributed by atoms with van der Waals surface area (Å²) in [4.78, 5) is 16.7. The first-order valence-electron chi connectivity index (χ1n) is 8.74. The predicted molar refractivity (Wildman–Crippen MR) is 106 cm³/mol. The normalized spacial score (nSPS) is 20.2. The number of rotatable bonds is 3. The number of nitrogens with two attached hydrogens (primary N) is 1. The second-order valence-electron chi connectivity index (χ2n) is 6.95. The first kappa shape index (κ1) is 17.5. The summed E-state index contributed by atoms with van der Waals surface area (Å²) in [6, 6.07) is 9.76. The summed E-state index contributed by atoms with van der Waals surface area (Å²) >= 11 is 7.49. The fourth-order valence-corrected chi connectivity index (χ4v) is 4.91. The molecule has 2 N–H and O–H groups in total. The van der Waals surface area contributed by atoms with Gasteiger partial charge in [0.25, 0.3) is 5.91 Å². The van der Waals surface area contributed by atoms with E-state index in [0.29, 0.717) is 17.5 Å². The Bertz CT molecular complexity index is 962. The quantitative estimate of drug-likeness (QED) is 0.741. The summed E-state index contributed by atoms with van der Waals surface area (Å²) in [6.45, 7) is 5.44. The molecule has 1 aliphatic heterocycles. The van der Waals surface area contributed by atoms with Gasteiger partial charge < -0.3 is 10.6 Å². The molecule has 7 heteroatoms. The van der Waals surface area contributed by atoms with E-state index in [0.717, 1.165) is 39.4 Å². The summed E-state index contributed by atoms with van der Waals surface area (Å²) in [7, 11) is 0. The maximum Gasteiger partial charge on any atom is 0.264 e. The fourth-order valence-electron chi connectivity index (χ4n) is 3.65. The lowest BCUT2D eigenvalue weighted by atomic mass is 10.1. The van der Waals surface area contributed by atoms with Gasteiger partial charge in [0.1, 0.15) is 4.83 Å². The summed E-state index contributed by atoms with van der Waals surface area (Å²) in [5, 5.41) is 6.34. The molecule has 5 nitrogen and oxygen atoms in total. The van der Waals surface area contributed by atoms with Crippen LogP contribution in [0.5, 0.6) is 0 Å². The van der Waals surface area contributed by atoms with Crippen molar-refractivity contribution in [3.05, 3.63) is 45.9 Å². The molecule has 0 saturated carbocycles. The minimum atomic E-state index is 0.0942. The van der Waals surface area contributed by atoms with Gasteiger partial charge in [-0.2, -0.15) is 5.10 Å². The maximum atomic E-state index is 13.0. The van der Waals surface area contributed by atoms with Crippen LogP contribution in [0.4, 0.5) is 0 Å². The molecule has 2 unspecified atom stereocenters. The van der Waals surface area contributed by atoms with Crippen molar-refractivity contribution in [1.82, 2.24) is 14.7 Å². The van der Waals surface area contributed by atoms with E-state index in [1.807, 2.05) is 46.8 Å². The number of thiophene rings is 1. The largest absolute Gasteiger partial charge is 0.335 e. The molecule has 4 rings (SSSR count). The zero-order valence-electron chi connectivity index (χ0n) is 14.8. The average Bonchev–Trinajstić information content (AvgIpc) is 3.30. The Morgan fingerprint density at radius 2 is 2.12 bits per heavy atom. The van der Waals surface area contributed by atoms with Crippen LogP contribution in [0, 0.1) is 12.8 Å². The van der Waals surface area contributed by atoms with Crippen LogP contribution in [0.25, 0.3) is 15.9 Å². The lowest BCUT2D eigenvalue weighted by Gasteiger charge is -2.20. The van der Waals surface area contributed by atoms with Gasteiger partial charge in [0.2, 0.25) is 0 Å². The van der Waals surface area contributed by atoms with Gasteiger partial charge in [0.15, 0.2) is 0 Å². The number of amides is 1. The fraction of sp³-hybridized carbons (Fsp3) is 0.368. The smallest absolute Gasteiger partial charge is 0.264 e. The molecule has 1 aliphatic rings. The van der Waals surface area contributed by atoms with Crippen molar-refractivity contribution in [3.63, 3.8) is 0 Å². The molecule has 0 radical (unpaired) electrons. The predicted octanol–water partition coefficient (Wildman–Crippen LogP) is 3.86. The number of fused-ring (bicyclic) bond motifs is 1. The Kier molecular flexibility index (Phi) is 4.50. The van der Waals surface area contributed by atoms with E-state index in [-0.39, 0.29) is 11.9 Å². The van der Waals surface area contributed by atoms with E-state index in [1.165, 1.54) is 11.3 Å². The molecule has 1 fully saturated rings. The van der Waals surface area contributed by atoms with Gasteiger partial charge in [-0.05, 0) is 63.1 Å². The zero-order valence-corrected chi connectivity index (χ0v) is 16.3. The van der Waals surface area contributed by atoms with Crippen LogP contribution in [0.3, 0.4) is 0 Å². The molecule has 1 aromatic carbocycles. The second kappa shape index (κ2) is 6.68. The Hall–Kier alpha value is -1.89. The lowest BCUT2D eigenvalue weighted by Crippen LogP contribution is -2.33. The van der Waals surface area contributed by atoms with Crippen LogP contribution in [0.15, 0.2) is 30.3 Å². The number of hydrogen-bond donors (Lipinski definition) is 1. The van der Waals surface area contributed by atoms with Crippen LogP contribution in [-0.2, 0) is 0 Å². The van der Waals surface area contributed by atoms with Gasteiger partial charge in [-0.3, -0.25) is 4.79 Å². The van der Waals surface area contributed by atoms with E-state index in [1.54, 1.807) is 0 Å². The SMILES string of the molecule is Cc1nn(-c2ccc(Cl)cc2)c2sc(C(=O)N3CC(CN)CC3C)cc12. The number of nitrogens with zero attached hydrogens (tertiary/aromatic N) is 3. The number of aromatic nitrogens is 2. The number of carbonyl (C=O) groups is 1. The number of hydrogen-bond acceptors (Lipinski definition) is 4. The number of carbonyl (C=O) groups excluding carboxylic acids is 1. The van der Waals surface area contributed by atoms with Crippen molar-refractivity contribution < 1.29 is 4.79 Å². The van der Waals surface area contributed by atoms with E-state index in [2.05, 4.69) is 12.0 Å². The first-order chi connectivity index (χ1) is 12.5. The lowest BCUT2D eigenvalue weighted by molar-refractivity contribution is 0.0748. The highest BCUT2D eigenvalue weighted by Gasteiger charge is 2.33. The summed E-state index contributed by atoms with van der Waals surface area (Å²) < 4.78 is 1.89. The summed E-state index contributed by atoms with van der Waals surface area (Å²) in [5.74, 6) is 0.492. The van der Waals surface area contributed by atoms with Crippen molar-refractivity contribution in [2.75, 3.05) is 13.1 Å². The van der Waals surface area contributed by atoms with Gasteiger partial charge in [0.05, 0.1) is 16.3 Å².